The Morgan fingerprint density at radius 3 is 2.56 bits per heavy atom. The number of aromatic nitrogens is 2. The fourth-order valence-electron chi connectivity index (χ4n) is 2.56. The van der Waals surface area contributed by atoms with E-state index in [1.165, 1.54) is 0 Å². The van der Waals surface area contributed by atoms with Crippen LogP contribution in [0, 0.1) is 0 Å². The van der Waals surface area contributed by atoms with Crippen LogP contribution < -0.4 is 15.8 Å². The van der Waals surface area contributed by atoms with Gasteiger partial charge >= 0.3 is 0 Å². The summed E-state index contributed by atoms with van der Waals surface area (Å²) in [5, 5.41) is 3.42. The van der Waals surface area contributed by atoms with Gasteiger partial charge in [0.1, 0.15) is 5.82 Å². The lowest BCUT2D eigenvalue weighted by Gasteiger charge is -2.12. The van der Waals surface area contributed by atoms with Crippen molar-refractivity contribution in [3.63, 3.8) is 0 Å². The van der Waals surface area contributed by atoms with Gasteiger partial charge in [-0.25, -0.2) is 4.98 Å². The molecule has 0 atom stereocenters. The zero-order chi connectivity index (χ0) is 17.8. The quantitative estimate of drug-likeness (QED) is 0.747. The van der Waals surface area contributed by atoms with Gasteiger partial charge in [0.15, 0.2) is 0 Å². The Morgan fingerprint density at radius 1 is 1.12 bits per heavy atom. The first-order valence-corrected chi connectivity index (χ1v) is 8.08. The third-order valence-electron chi connectivity index (χ3n) is 3.96. The number of anilines is 1. The molecule has 2 aromatic carbocycles. The Balaban J connectivity index is 1.62. The predicted octanol–water partition coefficient (Wildman–Crippen LogP) is 1.96. The van der Waals surface area contributed by atoms with Crippen molar-refractivity contribution in [2.45, 2.75) is 6.42 Å². The smallest absolute Gasteiger partial charge is 0.258 e. The number of carbonyl (C=O) groups is 1. The average Bonchev–Trinajstić information content (AvgIpc) is 2.62. The molecule has 6 nitrogen and oxygen atoms in total. The molecule has 3 aromatic rings. The van der Waals surface area contributed by atoms with E-state index in [0.29, 0.717) is 35.3 Å². The molecule has 0 saturated heterocycles. The van der Waals surface area contributed by atoms with Crippen LogP contribution in [-0.4, -0.2) is 36.5 Å². The van der Waals surface area contributed by atoms with Crippen LogP contribution in [0.2, 0.25) is 0 Å². The van der Waals surface area contributed by atoms with E-state index >= 15 is 0 Å². The molecule has 1 heterocycles. The van der Waals surface area contributed by atoms with Crippen molar-refractivity contribution in [3.8, 4) is 0 Å². The van der Waals surface area contributed by atoms with Gasteiger partial charge in [-0.3, -0.25) is 9.59 Å². The summed E-state index contributed by atoms with van der Waals surface area (Å²) in [7, 11) is 3.90. The van der Waals surface area contributed by atoms with Crippen molar-refractivity contribution in [1.29, 1.82) is 0 Å². The van der Waals surface area contributed by atoms with Crippen LogP contribution in [0.5, 0.6) is 0 Å². The van der Waals surface area contributed by atoms with Gasteiger partial charge in [-0.2, -0.15) is 0 Å². The third kappa shape index (κ3) is 3.85. The maximum absolute atomic E-state index is 12.2. The molecular formula is C19H20N4O2. The molecule has 0 aliphatic carbocycles. The third-order valence-corrected chi connectivity index (χ3v) is 3.96. The maximum Gasteiger partial charge on any atom is 0.258 e. The summed E-state index contributed by atoms with van der Waals surface area (Å²) in [6, 6.07) is 14.6. The van der Waals surface area contributed by atoms with Gasteiger partial charge in [-0.05, 0) is 36.4 Å². The Kier molecular flexibility index (Phi) is 4.79. The van der Waals surface area contributed by atoms with Crippen LogP contribution in [-0.2, 0) is 6.42 Å². The van der Waals surface area contributed by atoms with Gasteiger partial charge < -0.3 is 15.2 Å². The standard InChI is InChI=1S/C19H20N4O2/c1-23(2)14-9-7-13(8-10-14)18(24)20-12-11-17-21-16-6-4-3-5-15(16)19(25)22-17/h3-10H,11-12H2,1-2H3,(H,20,24)(H,21,22,25). The zero-order valence-electron chi connectivity index (χ0n) is 14.2. The number of fused-ring (bicyclic) bond motifs is 1. The Labute approximate surface area is 145 Å². The highest BCUT2D eigenvalue weighted by Gasteiger charge is 2.07. The number of para-hydroxylation sites is 1. The number of nitrogens with zero attached hydrogens (tertiary/aromatic N) is 2. The average molecular weight is 336 g/mol. The normalized spacial score (nSPS) is 10.6. The Morgan fingerprint density at radius 2 is 1.84 bits per heavy atom. The fraction of sp³-hybridized carbons (Fsp3) is 0.211. The van der Waals surface area contributed by atoms with Crippen LogP contribution in [0.3, 0.4) is 0 Å². The molecule has 0 spiro atoms. The summed E-state index contributed by atoms with van der Waals surface area (Å²) in [4.78, 5) is 33.4. The number of carbonyl (C=O) groups excluding carboxylic acids is 1. The molecular weight excluding hydrogens is 316 g/mol. The molecule has 0 bridgehead atoms. The summed E-state index contributed by atoms with van der Waals surface area (Å²) >= 11 is 0. The number of H-pyrrole nitrogens is 1. The van der Waals surface area contributed by atoms with Crippen molar-refractivity contribution < 1.29 is 4.79 Å². The molecule has 0 unspecified atom stereocenters. The van der Waals surface area contributed by atoms with Crippen molar-refractivity contribution in [1.82, 2.24) is 15.3 Å². The van der Waals surface area contributed by atoms with Gasteiger partial charge in [0.05, 0.1) is 10.9 Å². The number of hydrogen-bond acceptors (Lipinski definition) is 4. The first-order valence-electron chi connectivity index (χ1n) is 8.08. The van der Waals surface area contributed by atoms with Crippen molar-refractivity contribution in [2.24, 2.45) is 0 Å². The molecule has 2 N–H and O–H groups in total. The van der Waals surface area contributed by atoms with Gasteiger partial charge in [-0.15, -0.1) is 0 Å². The van der Waals surface area contributed by atoms with E-state index < -0.39 is 0 Å². The lowest BCUT2D eigenvalue weighted by molar-refractivity contribution is 0.0954. The molecule has 25 heavy (non-hydrogen) atoms. The van der Waals surface area contributed by atoms with E-state index in [4.69, 9.17) is 0 Å². The summed E-state index contributed by atoms with van der Waals surface area (Å²) in [5.74, 6) is 0.417. The van der Waals surface area contributed by atoms with Gasteiger partial charge in [0.25, 0.3) is 11.5 Å². The first-order chi connectivity index (χ1) is 12.0. The molecule has 6 heteroatoms. The summed E-state index contributed by atoms with van der Waals surface area (Å²) in [5.41, 5.74) is 2.14. The number of hydrogen-bond donors (Lipinski definition) is 2. The van der Waals surface area contributed by atoms with E-state index in [0.717, 1.165) is 5.69 Å². The largest absolute Gasteiger partial charge is 0.378 e. The minimum atomic E-state index is -0.161. The summed E-state index contributed by atoms with van der Waals surface area (Å²) in [6.07, 6.45) is 0.460. The van der Waals surface area contributed by atoms with E-state index in [9.17, 15) is 9.59 Å². The first kappa shape index (κ1) is 16.7. The van der Waals surface area contributed by atoms with E-state index in [1.807, 2.05) is 37.2 Å². The number of benzene rings is 2. The number of nitrogens with one attached hydrogen (secondary N) is 2. The predicted molar refractivity (Wildman–Crippen MR) is 99.2 cm³/mol. The second kappa shape index (κ2) is 7.17. The summed E-state index contributed by atoms with van der Waals surface area (Å²) < 4.78 is 0. The van der Waals surface area contributed by atoms with Crippen LogP contribution >= 0.6 is 0 Å². The monoisotopic (exact) mass is 336 g/mol. The molecule has 0 radical (unpaired) electrons. The minimum Gasteiger partial charge on any atom is -0.378 e. The van der Waals surface area contributed by atoms with Crippen LogP contribution in [0.4, 0.5) is 5.69 Å². The highest BCUT2D eigenvalue weighted by atomic mass is 16.1. The molecule has 0 aliphatic rings. The lowest BCUT2D eigenvalue weighted by atomic mass is 10.2. The van der Waals surface area contributed by atoms with Crippen LogP contribution in [0.15, 0.2) is 53.3 Å². The SMILES string of the molecule is CN(C)c1ccc(C(=O)NCCc2nc3ccccc3c(=O)[nH]2)cc1. The summed E-state index contributed by atoms with van der Waals surface area (Å²) in [6.45, 7) is 0.398. The van der Waals surface area contributed by atoms with Crippen LogP contribution in [0.25, 0.3) is 10.9 Å². The Bertz CT molecular complexity index is 946. The second-order valence-electron chi connectivity index (χ2n) is 5.98. The lowest BCUT2D eigenvalue weighted by Crippen LogP contribution is -2.27. The molecule has 1 amide bonds. The topological polar surface area (TPSA) is 78.1 Å². The molecule has 0 aliphatic heterocycles. The second-order valence-corrected chi connectivity index (χ2v) is 5.98. The maximum atomic E-state index is 12.2. The number of rotatable bonds is 5. The van der Waals surface area contributed by atoms with Crippen molar-refractivity contribution >= 4 is 22.5 Å². The Hall–Kier alpha value is -3.15. The highest BCUT2D eigenvalue weighted by Crippen LogP contribution is 2.12. The number of amides is 1. The minimum absolute atomic E-state index is 0.145. The molecule has 128 valence electrons. The van der Waals surface area contributed by atoms with Gasteiger partial charge in [-0.1, -0.05) is 12.1 Å². The van der Waals surface area contributed by atoms with E-state index in [-0.39, 0.29) is 11.5 Å². The molecule has 0 fully saturated rings. The van der Waals surface area contributed by atoms with Crippen molar-refractivity contribution in [3.05, 3.63) is 70.3 Å². The van der Waals surface area contributed by atoms with Gasteiger partial charge in [0.2, 0.25) is 0 Å². The molecule has 1 aromatic heterocycles. The van der Waals surface area contributed by atoms with E-state index in [1.54, 1.807) is 30.3 Å². The van der Waals surface area contributed by atoms with Gasteiger partial charge in [0, 0.05) is 38.3 Å². The zero-order valence-corrected chi connectivity index (χ0v) is 14.2. The van der Waals surface area contributed by atoms with Crippen molar-refractivity contribution in [2.75, 3.05) is 25.5 Å². The van der Waals surface area contributed by atoms with Crippen LogP contribution in [0.1, 0.15) is 16.2 Å². The highest BCUT2D eigenvalue weighted by molar-refractivity contribution is 5.94. The fourth-order valence-corrected chi connectivity index (χ4v) is 2.56. The van der Waals surface area contributed by atoms with E-state index in [2.05, 4.69) is 15.3 Å². The number of aromatic amines is 1. The molecule has 3 rings (SSSR count). The molecule has 0 saturated carbocycles.